The second-order valence-corrected chi connectivity index (χ2v) is 8.36. The maximum atomic E-state index is 12.7. The number of aryl methyl sites for hydroxylation is 1. The molecule has 1 aromatic carbocycles. The zero-order valence-corrected chi connectivity index (χ0v) is 18.6. The van der Waals surface area contributed by atoms with Crippen LogP contribution in [-0.4, -0.2) is 58.6 Å². The molecule has 2 N–H and O–H groups in total. The third-order valence-corrected chi connectivity index (χ3v) is 6.55. The first kappa shape index (κ1) is 22.5. The smallest absolute Gasteiger partial charge is 0.292 e. The molecule has 1 saturated heterocycles. The summed E-state index contributed by atoms with van der Waals surface area (Å²) in [5.41, 5.74) is 9.04. The monoisotopic (exact) mass is 443 g/mol. The van der Waals surface area contributed by atoms with E-state index < -0.39 is 10.8 Å². The lowest BCUT2D eigenvalue weighted by Crippen LogP contribution is -2.49. The lowest BCUT2D eigenvalue weighted by molar-refractivity contribution is -0.384. The third kappa shape index (κ3) is 4.79. The number of para-hydroxylation sites is 2. The number of nitrogens with zero attached hydrogens (tertiary/aromatic N) is 4. The average Bonchev–Trinajstić information content (AvgIpc) is 2.75. The van der Waals surface area contributed by atoms with Gasteiger partial charge in [0.2, 0.25) is 5.91 Å². The fourth-order valence-corrected chi connectivity index (χ4v) is 4.65. The second-order valence-electron chi connectivity index (χ2n) is 7.39. The molecule has 0 atom stereocenters. The van der Waals surface area contributed by atoms with Crippen molar-refractivity contribution in [2.24, 2.45) is 5.73 Å². The normalized spacial score (nSPS) is 13.9. The number of rotatable bonds is 6. The quantitative estimate of drug-likeness (QED) is 0.413. The van der Waals surface area contributed by atoms with Crippen LogP contribution < -0.4 is 10.6 Å². The van der Waals surface area contributed by atoms with Gasteiger partial charge in [0, 0.05) is 37.9 Å². The molecule has 0 spiro atoms. The van der Waals surface area contributed by atoms with E-state index in [0.29, 0.717) is 42.5 Å². The van der Waals surface area contributed by atoms with Crippen molar-refractivity contribution in [1.82, 2.24) is 9.88 Å². The number of carbonyl (C=O) groups is 2. The summed E-state index contributed by atoms with van der Waals surface area (Å²) in [6.45, 7) is 7.53. The summed E-state index contributed by atoms with van der Waals surface area (Å²) in [4.78, 5) is 43.7. The fourth-order valence-electron chi connectivity index (χ4n) is 3.61. The molecule has 10 heteroatoms. The predicted octanol–water partition coefficient (Wildman–Crippen LogP) is 2.45. The molecule has 1 aliphatic heterocycles. The van der Waals surface area contributed by atoms with Crippen LogP contribution in [0.5, 0.6) is 0 Å². The zero-order valence-electron chi connectivity index (χ0n) is 17.8. The van der Waals surface area contributed by atoms with Crippen LogP contribution in [0.3, 0.4) is 0 Å². The zero-order chi connectivity index (χ0) is 22.7. The third-order valence-electron chi connectivity index (χ3n) is 5.59. The van der Waals surface area contributed by atoms with Crippen molar-refractivity contribution in [1.29, 1.82) is 0 Å². The topological polar surface area (TPSA) is 123 Å². The van der Waals surface area contributed by atoms with Crippen molar-refractivity contribution in [2.75, 3.05) is 36.8 Å². The van der Waals surface area contributed by atoms with Gasteiger partial charge >= 0.3 is 0 Å². The largest absolute Gasteiger partial charge is 0.366 e. The number of nitro groups is 1. The molecule has 0 saturated carbocycles. The number of piperazine rings is 1. The molecule has 1 aliphatic rings. The summed E-state index contributed by atoms with van der Waals surface area (Å²) < 4.78 is 0. The number of nitrogens with two attached hydrogens (primary N) is 1. The first-order chi connectivity index (χ1) is 14.7. The van der Waals surface area contributed by atoms with Gasteiger partial charge in [-0.05, 0) is 38.0 Å². The number of carbonyl (C=O) groups excluding carboxylic acids is 2. The highest BCUT2D eigenvalue weighted by Gasteiger charge is 2.26. The van der Waals surface area contributed by atoms with Gasteiger partial charge in [-0.15, -0.1) is 0 Å². The molecule has 31 heavy (non-hydrogen) atoms. The van der Waals surface area contributed by atoms with Gasteiger partial charge in [-0.3, -0.25) is 19.7 Å². The molecule has 2 amide bonds. The maximum Gasteiger partial charge on any atom is 0.292 e. The van der Waals surface area contributed by atoms with Crippen LogP contribution in [0.25, 0.3) is 0 Å². The van der Waals surface area contributed by atoms with Crippen LogP contribution in [0.15, 0.2) is 29.3 Å². The Labute approximate surface area is 184 Å². The summed E-state index contributed by atoms with van der Waals surface area (Å²) in [6, 6.07) is 6.62. The van der Waals surface area contributed by atoms with E-state index in [0.717, 1.165) is 16.8 Å². The van der Waals surface area contributed by atoms with Gasteiger partial charge < -0.3 is 15.5 Å². The Morgan fingerprint density at radius 2 is 1.77 bits per heavy atom. The number of anilines is 1. The molecule has 164 valence electrons. The summed E-state index contributed by atoms with van der Waals surface area (Å²) in [5, 5.41) is 11.7. The Kier molecular flexibility index (Phi) is 6.79. The van der Waals surface area contributed by atoms with E-state index >= 15 is 0 Å². The van der Waals surface area contributed by atoms with E-state index in [-0.39, 0.29) is 17.3 Å². The highest BCUT2D eigenvalue weighted by Crippen LogP contribution is 2.29. The van der Waals surface area contributed by atoms with Crippen molar-refractivity contribution in [2.45, 2.75) is 25.8 Å². The molecule has 9 nitrogen and oxygen atoms in total. The summed E-state index contributed by atoms with van der Waals surface area (Å²) in [6.07, 6.45) is 0. The minimum atomic E-state index is -0.555. The Morgan fingerprint density at radius 3 is 2.39 bits per heavy atom. The summed E-state index contributed by atoms with van der Waals surface area (Å²) in [5.74, 6) is -0.484. The second kappa shape index (κ2) is 9.34. The molecule has 1 fully saturated rings. The lowest BCUT2D eigenvalue weighted by Gasteiger charge is -2.35. The molecule has 0 aliphatic carbocycles. The van der Waals surface area contributed by atoms with Crippen molar-refractivity contribution in [3.63, 3.8) is 0 Å². The van der Waals surface area contributed by atoms with Gasteiger partial charge in [-0.2, -0.15) is 0 Å². The van der Waals surface area contributed by atoms with Gasteiger partial charge in [0.05, 0.1) is 16.2 Å². The van der Waals surface area contributed by atoms with Gasteiger partial charge in [0.15, 0.2) is 0 Å². The van der Waals surface area contributed by atoms with Crippen molar-refractivity contribution in [3.8, 4) is 0 Å². The predicted molar refractivity (Wildman–Crippen MR) is 120 cm³/mol. The standard InChI is InChI=1S/C21H25N5O4S/c1-13-14(2)19(20(22)28)21(23-15(13)3)31-12-18(27)25-10-8-24(9-11-25)16-6-4-5-7-17(16)26(29)30/h4-7H,8-12H2,1-3H3,(H2,22,28). The van der Waals surface area contributed by atoms with E-state index in [1.54, 1.807) is 23.1 Å². The Bertz CT molecular complexity index is 1030. The molecular formula is C21H25N5O4S. The van der Waals surface area contributed by atoms with Gasteiger partial charge in [0.25, 0.3) is 11.6 Å². The van der Waals surface area contributed by atoms with E-state index in [1.165, 1.54) is 17.8 Å². The Morgan fingerprint density at radius 1 is 1.13 bits per heavy atom. The molecular weight excluding hydrogens is 418 g/mol. The first-order valence-electron chi connectivity index (χ1n) is 9.87. The SMILES string of the molecule is Cc1nc(SCC(=O)N2CCN(c3ccccc3[N+](=O)[O-])CC2)c(C(N)=O)c(C)c1C. The summed E-state index contributed by atoms with van der Waals surface area (Å²) in [7, 11) is 0. The van der Waals surface area contributed by atoms with Crippen LogP contribution >= 0.6 is 11.8 Å². The van der Waals surface area contributed by atoms with Crippen molar-refractivity contribution in [3.05, 3.63) is 56.8 Å². The molecule has 0 radical (unpaired) electrons. The minimum Gasteiger partial charge on any atom is -0.366 e. The molecule has 1 aromatic heterocycles. The van der Waals surface area contributed by atoms with Crippen LogP contribution in [-0.2, 0) is 4.79 Å². The molecule has 0 unspecified atom stereocenters. The first-order valence-corrected chi connectivity index (χ1v) is 10.9. The number of hydrogen-bond donors (Lipinski definition) is 1. The van der Waals surface area contributed by atoms with E-state index in [4.69, 9.17) is 5.73 Å². The van der Waals surface area contributed by atoms with Crippen LogP contribution in [0, 0.1) is 30.9 Å². The van der Waals surface area contributed by atoms with Crippen molar-refractivity contribution < 1.29 is 14.5 Å². The highest BCUT2D eigenvalue weighted by atomic mass is 32.2. The number of amides is 2. The minimum absolute atomic E-state index is 0.0630. The van der Waals surface area contributed by atoms with E-state index in [9.17, 15) is 19.7 Å². The molecule has 2 aromatic rings. The number of benzene rings is 1. The van der Waals surface area contributed by atoms with Gasteiger partial charge in [-0.1, -0.05) is 23.9 Å². The molecule has 2 heterocycles. The van der Waals surface area contributed by atoms with Gasteiger partial charge in [-0.25, -0.2) is 4.98 Å². The number of nitro benzene ring substituents is 1. The highest BCUT2D eigenvalue weighted by molar-refractivity contribution is 8.00. The number of primary amides is 1. The molecule has 3 rings (SSSR count). The van der Waals surface area contributed by atoms with Crippen LogP contribution in [0.1, 0.15) is 27.2 Å². The number of thioether (sulfide) groups is 1. The summed E-state index contributed by atoms with van der Waals surface area (Å²) >= 11 is 1.21. The Balaban J connectivity index is 1.64. The van der Waals surface area contributed by atoms with Crippen molar-refractivity contribution >= 4 is 35.0 Å². The average molecular weight is 444 g/mol. The molecule has 0 bridgehead atoms. The van der Waals surface area contributed by atoms with Crippen LogP contribution in [0.4, 0.5) is 11.4 Å². The fraction of sp³-hybridized carbons (Fsp3) is 0.381. The van der Waals surface area contributed by atoms with E-state index in [2.05, 4.69) is 4.98 Å². The number of pyridine rings is 1. The van der Waals surface area contributed by atoms with Gasteiger partial charge in [0.1, 0.15) is 10.7 Å². The Hall–Kier alpha value is -3.14. The van der Waals surface area contributed by atoms with E-state index in [1.807, 2.05) is 25.7 Å². The van der Waals surface area contributed by atoms with Crippen LogP contribution in [0.2, 0.25) is 0 Å². The maximum absolute atomic E-state index is 12.7. The number of aromatic nitrogens is 1. The number of hydrogen-bond acceptors (Lipinski definition) is 7. The lowest BCUT2D eigenvalue weighted by atomic mass is 10.0.